The molecule has 126 valence electrons. The second kappa shape index (κ2) is 7.45. The minimum Gasteiger partial charge on any atom is -0.480 e. The normalized spacial score (nSPS) is 19.8. The highest BCUT2D eigenvalue weighted by molar-refractivity contribution is 9.10. The standard InChI is InChI=1S/C19H21BrN2O2/c1-13-12-21-10-9-14(13)18(15-6-2-3-7-16(15)20)22-11-5-4-8-17(22)19(23)24/h2-3,6-7,9-10,12,17-18H,4-5,8,11H2,1H3,(H,23,24). The summed E-state index contributed by atoms with van der Waals surface area (Å²) in [5.74, 6) is -0.738. The lowest BCUT2D eigenvalue weighted by Gasteiger charge is -2.40. The fraction of sp³-hybridized carbons (Fsp3) is 0.368. The summed E-state index contributed by atoms with van der Waals surface area (Å²) in [6.07, 6.45) is 6.31. The fourth-order valence-corrected chi connectivity index (χ4v) is 4.04. The predicted molar refractivity (Wildman–Crippen MR) is 96.9 cm³/mol. The van der Waals surface area contributed by atoms with E-state index in [1.54, 1.807) is 6.20 Å². The third-order valence-electron chi connectivity index (χ3n) is 4.72. The molecule has 1 aromatic carbocycles. The number of halogens is 1. The molecule has 5 heteroatoms. The molecule has 0 aliphatic carbocycles. The molecule has 0 radical (unpaired) electrons. The maximum absolute atomic E-state index is 11.8. The number of carbonyl (C=O) groups is 1. The zero-order valence-electron chi connectivity index (χ0n) is 13.7. The van der Waals surface area contributed by atoms with Crippen molar-refractivity contribution in [3.63, 3.8) is 0 Å². The zero-order chi connectivity index (χ0) is 17.1. The highest BCUT2D eigenvalue weighted by Gasteiger charge is 2.36. The van der Waals surface area contributed by atoms with Gasteiger partial charge in [0, 0.05) is 16.9 Å². The Morgan fingerprint density at radius 3 is 2.79 bits per heavy atom. The van der Waals surface area contributed by atoms with Crippen molar-refractivity contribution in [1.82, 2.24) is 9.88 Å². The minimum absolute atomic E-state index is 0.0926. The van der Waals surface area contributed by atoms with Crippen LogP contribution in [0.4, 0.5) is 0 Å². The Bertz CT molecular complexity index is 689. The van der Waals surface area contributed by atoms with E-state index in [0.29, 0.717) is 6.42 Å². The van der Waals surface area contributed by atoms with Crippen molar-refractivity contribution >= 4 is 21.9 Å². The first-order valence-corrected chi connectivity index (χ1v) is 9.02. The van der Waals surface area contributed by atoms with Gasteiger partial charge in [-0.3, -0.25) is 14.7 Å². The van der Waals surface area contributed by atoms with Gasteiger partial charge in [-0.1, -0.05) is 40.5 Å². The lowest BCUT2D eigenvalue weighted by Crippen LogP contribution is -2.47. The molecule has 1 N–H and O–H groups in total. The Hall–Kier alpha value is -1.72. The molecule has 0 spiro atoms. The van der Waals surface area contributed by atoms with Crippen molar-refractivity contribution in [2.45, 2.75) is 38.3 Å². The smallest absolute Gasteiger partial charge is 0.320 e. The molecule has 1 aliphatic rings. The quantitative estimate of drug-likeness (QED) is 0.853. The van der Waals surface area contributed by atoms with Gasteiger partial charge < -0.3 is 5.11 Å². The number of benzene rings is 1. The molecule has 1 fully saturated rings. The molecule has 1 aromatic heterocycles. The first-order valence-electron chi connectivity index (χ1n) is 8.23. The SMILES string of the molecule is Cc1cnccc1C(c1ccccc1Br)N1CCCCC1C(=O)O. The van der Waals surface area contributed by atoms with Crippen LogP contribution in [0.25, 0.3) is 0 Å². The van der Waals surface area contributed by atoms with Gasteiger partial charge >= 0.3 is 5.97 Å². The summed E-state index contributed by atoms with van der Waals surface area (Å²) in [5.41, 5.74) is 3.29. The second-order valence-corrected chi connectivity index (χ2v) is 7.10. The maximum atomic E-state index is 11.8. The third kappa shape index (κ3) is 3.37. The number of pyridine rings is 1. The van der Waals surface area contributed by atoms with Gasteiger partial charge in [-0.15, -0.1) is 0 Å². The van der Waals surface area contributed by atoms with Crippen LogP contribution in [0.1, 0.15) is 42.0 Å². The largest absolute Gasteiger partial charge is 0.480 e. The molecular weight excluding hydrogens is 368 g/mol. The number of rotatable bonds is 4. The van der Waals surface area contributed by atoms with Crippen molar-refractivity contribution in [1.29, 1.82) is 0 Å². The van der Waals surface area contributed by atoms with Crippen LogP contribution in [0.2, 0.25) is 0 Å². The van der Waals surface area contributed by atoms with Crippen LogP contribution in [0.3, 0.4) is 0 Å². The van der Waals surface area contributed by atoms with Crippen molar-refractivity contribution in [3.8, 4) is 0 Å². The third-order valence-corrected chi connectivity index (χ3v) is 5.44. The number of aryl methyl sites for hydroxylation is 1. The number of carboxylic acid groups (broad SMARTS) is 1. The van der Waals surface area contributed by atoms with Crippen molar-refractivity contribution in [2.24, 2.45) is 0 Å². The van der Waals surface area contributed by atoms with Crippen molar-refractivity contribution < 1.29 is 9.90 Å². The molecule has 4 nitrogen and oxygen atoms in total. The van der Waals surface area contributed by atoms with Gasteiger partial charge in [0.25, 0.3) is 0 Å². The topological polar surface area (TPSA) is 53.4 Å². The summed E-state index contributed by atoms with van der Waals surface area (Å²) in [6, 6.07) is 9.53. The molecular formula is C19H21BrN2O2. The number of hydrogen-bond donors (Lipinski definition) is 1. The molecule has 2 unspecified atom stereocenters. The van der Waals surface area contributed by atoms with E-state index in [2.05, 4.69) is 31.9 Å². The molecule has 2 heterocycles. The Morgan fingerprint density at radius 1 is 1.29 bits per heavy atom. The van der Waals surface area contributed by atoms with Crippen LogP contribution in [-0.4, -0.2) is 33.5 Å². The summed E-state index contributed by atoms with van der Waals surface area (Å²) < 4.78 is 1.00. The van der Waals surface area contributed by atoms with E-state index in [-0.39, 0.29) is 6.04 Å². The van der Waals surface area contributed by atoms with Gasteiger partial charge in [-0.05, 0) is 55.1 Å². The maximum Gasteiger partial charge on any atom is 0.320 e. The average molecular weight is 389 g/mol. The van der Waals surface area contributed by atoms with E-state index in [1.807, 2.05) is 37.4 Å². The highest BCUT2D eigenvalue weighted by Crippen LogP contribution is 2.38. The van der Waals surface area contributed by atoms with Crippen LogP contribution in [-0.2, 0) is 4.79 Å². The number of nitrogens with zero attached hydrogens (tertiary/aromatic N) is 2. The van der Waals surface area contributed by atoms with Crippen LogP contribution in [0.5, 0.6) is 0 Å². The Kier molecular flexibility index (Phi) is 5.31. The van der Waals surface area contributed by atoms with Gasteiger partial charge in [-0.25, -0.2) is 0 Å². The Labute approximate surface area is 150 Å². The van der Waals surface area contributed by atoms with E-state index in [9.17, 15) is 9.90 Å². The summed E-state index contributed by atoms with van der Waals surface area (Å²) in [4.78, 5) is 18.2. The molecule has 0 saturated carbocycles. The number of aromatic nitrogens is 1. The van der Waals surface area contributed by atoms with Crippen LogP contribution in [0, 0.1) is 6.92 Å². The lowest BCUT2D eigenvalue weighted by molar-refractivity contribution is -0.145. The minimum atomic E-state index is -0.738. The lowest BCUT2D eigenvalue weighted by atomic mass is 9.90. The molecule has 24 heavy (non-hydrogen) atoms. The Morgan fingerprint density at radius 2 is 2.08 bits per heavy atom. The second-order valence-electron chi connectivity index (χ2n) is 6.24. The highest BCUT2D eigenvalue weighted by atomic mass is 79.9. The van der Waals surface area contributed by atoms with Crippen LogP contribution < -0.4 is 0 Å². The van der Waals surface area contributed by atoms with Gasteiger partial charge in [0.15, 0.2) is 0 Å². The monoisotopic (exact) mass is 388 g/mol. The van der Waals surface area contributed by atoms with E-state index in [0.717, 1.165) is 40.5 Å². The van der Waals surface area contributed by atoms with Gasteiger partial charge in [0.2, 0.25) is 0 Å². The molecule has 0 amide bonds. The number of aliphatic carboxylic acids is 1. The molecule has 2 aromatic rings. The fourth-order valence-electron chi connectivity index (χ4n) is 3.54. The summed E-state index contributed by atoms with van der Waals surface area (Å²) in [7, 11) is 0. The molecule has 3 rings (SSSR count). The summed E-state index contributed by atoms with van der Waals surface area (Å²) >= 11 is 3.65. The molecule has 1 saturated heterocycles. The average Bonchev–Trinajstić information content (AvgIpc) is 2.59. The van der Waals surface area contributed by atoms with Crippen molar-refractivity contribution in [2.75, 3.05) is 6.54 Å². The van der Waals surface area contributed by atoms with Gasteiger partial charge in [0.1, 0.15) is 6.04 Å². The number of likely N-dealkylation sites (tertiary alicyclic amines) is 1. The summed E-state index contributed by atoms with van der Waals surface area (Å²) in [5, 5.41) is 9.72. The van der Waals surface area contributed by atoms with Gasteiger partial charge in [0.05, 0.1) is 6.04 Å². The number of carboxylic acids is 1. The zero-order valence-corrected chi connectivity index (χ0v) is 15.2. The van der Waals surface area contributed by atoms with E-state index in [4.69, 9.17) is 0 Å². The molecule has 0 bridgehead atoms. The van der Waals surface area contributed by atoms with E-state index >= 15 is 0 Å². The molecule has 2 atom stereocenters. The Balaban J connectivity index is 2.13. The van der Waals surface area contributed by atoms with Crippen LogP contribution in [0.15, 0.2) is 47.2 Å². The number of piperidine rings is 1. The number of hydrogen-bond acceptors (Lipinski definition) is 3. The molecule has 1 aliphatic heterocycles. The van der Waals surface area contributed by atoms with Crippen molar-refractivity contribution in [3.05, 3.63) is 63.9 Å². The van der Waals surface area contributed by atoms with Crippen LogP contribution >= 0.6 is 15.9 Å². The van der Waals surface area contributed by atoms with E-state index < -0.39 is 12.0 Å². The first-order chi connectivity index (χ1) is 11.6. The van der Waals surface area contributed by atoms with Gasteiger partial charge in [-0.2, -0.15) is 0 Å². The predicted octanol–water partition coefficient (Wildman–Crippen LogP) is 4.18. The van der Waals surface area contributed by atoms with E-state index in [1.165, 1.54) is 0 Å². The summed E-state index contributed by atoms with van der Waals surface area (Å²) in [6.45, 7) is 2.82. The first kappa shape index (κ1) is 17.1.